The smallest absolute Gasteiger partial charge is 0.00928 e. The first-order chi connectivity index (χ1) is 6.80. The summed E-state index contributed by atoms with van der Waals surface area (Å²) in [7, 11) is 0. The SMILES string of the molecule is CC1CCCCC1NCC1CC12CC2. The minimum absolute atomic E-state index is 0.847. The van der Waals surface area contributed by atoms with Crippen LogP contribution in [-0.2, 0) is 0 Å². The van der Waals surface area contributed by atoms with E-state index in [4.69, 9.17) is 0 Å². The minimum atomic E-state index is 0.847. The summed E-state index contributed by atoms with van der Waals surface area (Å²) >= 11 is 0. The van der Waals surface area contributed by atoms with Crippen LogP contribution < -0.4 is 5.32 Å². The number of hydrogen-bond donors (Lipinski definition) is 1. The summed E-state index contributed by atoms with van der Waals surface area (Å²) < 4.78 is 0. The van der Waals surface area contributed by atoms with E-state index in [0.717, 1.165) is 23.3 Å². The molecule has 1 heteroatoms. The third kappa shape index (κ3) is 1.60. The standard InChI is InChI=1S/C13H23N/c1-10-4-2-3-5-12(10)14-9-11-8-13(11)6-7-13/h10-12,14H,2-9H2,1H3. The van der Waals surface area contributed by atoms with Gasteiger partial charge in [-0.15, -0.1) is 0 Å². The van der Waals surface area contributed by atoms with Gasteiger partial charge in [-0.3, -0.25) is 0 Å². The molecular formula is C13H23N. The van der Waals surface area contributed by atoms with Gasteiger partial charge in [0.1, 0.15) is 0 Å². The van der Waals surface area contributed by atoms with Crippen molar-refractivity contribution in [3.63, 3.8) is 0 Å². The third-order valence-corrected chi connectivity index (χ3v) is 4.99. The van der Waals surface area contributed by atoms with Gasteiger partial charge in [-0.25, -0.2) is 0 Å². The quantitative estimate of drug-likeness (QED) is 0.726. The summed E-state index contributed by atoms with van der Waals surface area (Å²) in [5.41, 5.74) is 0.894. The Kier molecular flexibility index (Phi) is 2.12. The minimum Gasteiger partial charge on any atom is -0.313 e. The normalized spacial score (nSPS) is 43.9. The molecule has 3 atom stereocenters. The Bertz CT molecular complexity index is 219. The van der Waals surface area contributed by atoms with E-state index >= 15 is 0 Å². The first-order valence-electron chi connectivity index (χ1n) is 6.54. The van der Waals surface area contributed by atoms with Crippen LogP contribution in [-0.4, -0.2) is 12.6 Å². The van der Waals surface area contributed by atoms with Crippen LogP contribution in [0.4, 0.5) is 0 Å². The van der Waals surface area contributed by atoms with Crippen LogP contribution in [0.25, 0.3) is 0 Å². The number of rotatable bonds is 3. The van der Waals surface area contributed by atoms with Gasteiger partial charge in [0.25, 0.3) is 0 Å². The average molecular weight is 193 g/mol. The van der Waals surface area contributed by atoms with Gasteiger partial charge < -0.3 is 5.32 Å². The Morgan fingerprint density at radius 2 is 2.00 bits per heavy atom. The van der Waals surface area contributed by atoms with Crippen LogP contribution in [0.2, 0.25) is 0 Å². The summed E-state index contributed by atoms with van der Waals surface area (Å²) in [6, 6.07) is 0.847. The van der Waals surface area contributed by atoms with Crippen LogP contribution in [0.15, 0.2) is 0 Å². The van der Waals surface area contributed by atoms with Gasteiger partial charge in [0, 0.05) is 6.04 Å². The highest BCUT2D eigenvalue weighted by molar-refractivity contribution is 5.12. The first kappa shape index (κ1) is 9.21. The second-order valence-corrected chi connectivity index (χ2v) is 6.04. The van der Waals surface area contributed by atoms with Crippen LogP contribution in [0, 0.1) is 17.3 Å². The lowest BCUT2D eigenvalue weighted by Crippen LogP contribution is -2.38. The second-order valence-electron chi connectivity index (χ2n) is 6.04. The van der Waals surface area contributed by atoms with Gasteiger partial charge in [-0.1, -0.05) is 19.8 Å². The Balaban J connectivity index is 1.43. The van der Waals surface area contributed by atoms with Crippen molar-refractivity contribution < 1.29 is 0 Å². The van der Waals surface area contributed by atoms with Gasteiger partial charge in [0.05, 0.1) is 0 Å². The zero-order valence-electron chi connectivity index (χ0n) is 9.39. The Hall–Kier alpha value is -0.0400. The maximum Gasteiger partial charge on any atom is 0.00928 e. The number of hydrogen-bond acceptors (Lipinski definition) is 1. The van der Waals surface area contributed by atoms with Crippen molar-refractivity contribution in [2.24, 2.45) is 17.3 Å². The molecule has 3 rings (SSSR count). The molecule has 0 aromatic rings. The highest BCUT2D eigenvalue weighted by Gasteiger charge is 2.61. The molecule has 0 bridgehead atoms. The Labute approximate surface area is 87.7 Å². The second kappa shape index (κ2) is 3.23. The molecule has 0 aromatic heterocycles. The van der Waals surface area contributed by atoms with E-state index in [1.165, 1.54) is 32.2 Å². The molecule has 3 fully saturated rings. The van der Waals surface area contributed by atoms with Gasteiger partial charge >= 0.3 is 0 Å². The van der Waals surface area contributed by atoms with E-state index in [0.29, 0.717) is 0 Å². The molecular weight excluding hydrogens is 170 g/mol. The van der Waals surface area contributed by atoms with Crippen molar-refractivity contribution in [3.8, 4) is 0 Å². The fourth-order valence-electron chi connectivity index (χ4n) is 3.41. The van der Waals surface area contributed by atoms with Crippen molar-refractivity contribution in [3.05, 3.63) is 0 Å². The molecule has 14 heavy (non-hydrogen) atoms. The van der Waals surface area contributed by atoms with E-state index < -0.39 is 0 Å². The van der Waals surface area contributed by atoms with E-state index in [1.54, 1.807) is 19.3 Å². The zero-order valence-corrected chi connectivity index (χ0v) is 9.39. The highest BCUT2D eigenvalue weighted by Crippen LogP contribution is 2.70. The average Bonchev–Trinajstić information content (AvgIpc) is 3.08. The van der Waals surface area contributed by atoms with Gasteiger partial charge in [0.15, 0.2) is 0 Å². The summed E-state index contributed by atoms with van der Waals surface area (Å²) in [4.78, 5) is 0. The molecule has 80 valence electrons. The van der Waals surface area contributed by atoms with Crippen molar-refractivity contribution in [1.29, 1.82) is 0 Å². The maximum atomic E-state index is 3.83. The van der Waals surface area contributed by atoms with E-state index in [9.17, 15) is 0 Å². The van der Waals surface area contributed by atoms with Crippen LogP contribution in [0.3, 0.4) is 0 Å². The van der Waals surface area contributed by atoms with Crippen molar-refractivity contribution in [2.75, 3.05) is 6.54 Å². The van der Waals surface area contributed by atoms with E-state index in [1.807, 2.05) is 0 Å². The van der Waals surface area contributed by atoms with Crippen molar-refractivity contribution in [1.82, 2.24) is 5.32 Å². The predicted molar refractivity (Wildman–Crippen MR) is 59.2 cm³/mol. The molecule has 1 spiro atoms. The molecule has 3 saturated carbocycles. The molecule has 0 saturated heterocycles. The summed E-state index contributed by atoms with van der Waals surface area (Å²) in [5, 5.41) is 3.83. The van der Waals surface area contributed by atoms with Crippen LogP contribution in [0.1, 0.15) is 51.9 Å². The van der Waals surface area contributed by atoms with Crippen molar-refractivity contribution >= 4 is 0 Å². The largest absolute Gasteiger partial charge is 0.313 e. The molecule has 0 aromatic carbocycles. The summed E-state index contributed by atoms with van der Waals surface area (Å²) in [5.74, 6) is 1.99. The lowest BCUT2D eigenvalue weighted by molar-refractivity contribution is 0.277. The molecule has 1 nitrogen and oxygen atoms in total. The molecule has 3 aliphatic carbocycles. The molecule has 3 aliphatic rings. The molecule has 0 heterocycles. The van der Waals surface area contributed by atoms with Crippen LogP contribution >= 0.6 is 0 Å². The Morgan fingerprint density at radius 1 is 1.21 bits per heavy atom. The van der Waals surface area contributed by atoms with E-state index in [2.05, 4.69) is 12.2 Å². The van der Waals surface area contributed by atoms with E-state index in [-0.39, 0.29) is 0 Å². The fourth-order valence-corrected chi connectivity index (χ4v) is 3.41. The van der Waals surface area contributed by atoms with Gasteiger partial charge in [-0.05, 0) is 55.9 Å². The van der Waals surface area contributed by atoms with Crippen LogP contribution in [0.5, 0.6) is 0 Å². The lowest BCUT2D eigenvalue weighted by atomic mass is 9.86. The predicted octanol–water partition coefficient (Wildman–Crippen LogP) is 2.95. The molecule has 1 N–H and O–H groups in total. The third-order valence-electron chi connectivity index (χ3n) is 4.99. The molecule has 0 radical (unpaired) electrons. The van der Waals surface area contributed by atoms with Gasteiger partial charge in [-0.2, -0.15) is 0 Å². The molecule has 3 unspecified atom stereocenters. The Morgan fingerprint density at radius 3 is 2.64 bits per heavy atom. The lowest BCUT2D eigenvalue weighted by Gasteiger charge is -2.29. The number of nitrogens with one attached hydrogen (secondary N) is 1. The van der Waals surface area contributed by atoms with Crippen molar-refractivity contribution in [2.45, 2.75) is 57.9 Å². The summed E-state index contributed by atoms with van der Waals surface area (Å²) in [6.45, 7) is 3.76. The molecule has 0 amide bonds. The van der Waals surface area contributed by atoms with Gasteiger partial charge in [0.2, 0.25) is 0 Å². The highest BCUT2D eigenvalue weighted by atomic mass is 14.9. The maximum absolute atomic E-state index is 3.83. The monoisotopic (exact) mass is 193 g/mol. The zero-order chi connectivity index (χ0) is 9.60. The first-order valence-corrected chi connectivity index (χ1v) is 6.54. The molecule has 0 aliphatic heterocycles. The summed E-state index contributed by atoms with van der Waals surface area (Å²) in [6.07, 6.45) is 10.4. The fraction of sp³-hybridized carbons (Fsp3) is 1.00. The topological polar surface area (TPSA) is 12.0 Å².